The Hall–Kier alpha value is -1.89. The van der Waals surface area contributed by atoms with E-state index in [2.05, 4.69) is 50.2 Å². The molecular formula is C43H70O. The highest BCUT2D eigenvalue weighted by molar-refractivity contribution is 6.10. The van der Waals surface area contributed by atoms with Crippen molar-refractivity contribution < 1.29 is 4.79 Å². The van der Waals surface area contributed by atoms with Gasteiger partial charge in [-0.1, -0.05) is 216 Å². The van der Waals surface area contributed by atoms with E-state index in [9.17, 15) is 4.79 Å². The topological polar surface area (TPSA) is 17.1 Å². The van der Waals surface area contributed by atoms with Crippen LogP contribution in [0.25, 0.3) is 0 Å². The Morgan fingerprint density at radius 2 is 0.614 bits per heavy atom. The summed E-state index contributed by atoms with van der Waals surface area (Å²) in [5, 5.41) is 0. The molecule has 0 saturated heterocycles. The van der Waals surface area contributed by atoms with Gasteiger partial charge in [0.2, 0.25) is 0 Å². The quantitative estimate of drug-likeness (QED) is 0.0642. The van der Waals surface area contributed by atoms with Crippen LogP contribution in [0.3, 0.4) is 0 Å². The third-order valence-electron chi connectivity index (χ3n) is 9.62. The SMILES string of the molecule is CCCCCCCCCCCCCCCc1ccccc1C(=O)c1ccccc1CCCCCCCCCCCCCCC. The molecule has 0 unspecified atom stereocenters. The Balaban J connectivity index is 1.63. The maximum absolute atomic E-state index is 13.8. The number of unbranched alkanes of at least 4 members (excludes halogenated alkanes) is 24. The zero-order valence-corrected chi connectivity index (χ0v) is 29.3. The zero-order chi connectivity index (χ0) is 31.3. The highest BCUT2D eigenvalue weighted by atomic mass is 16.1. The number of ketones is 1. The normalized spacial score (nSPS) is 11.3. The van der Waals surface area contributed by atoms with Crippen molar-refractivity contribution in [2.24, 2.45) is 0 Å². The second kappa shape index (κ2) is 27.4. The molecule has 0 heterocycles. The number of rotatable bonds is 30. The lowest BCUT2D eigenvalue weighted by molar-refractivity contribution is 0.103. The summed E-state index contributed by atoms with van der Waals surface area (Å²) in [6.45, 7) is 4.58. The van der Waals surface area contributed by atoms with Crippen LogP contribution >= 0.6 is 0 Å². The highest BCUT2D eigenvalue weighted by Crippen LogP contribution is 2.22. The van der Waals surface area contributed by atoms with Gasteiger partial charge >= 0.3 is 0 Å². The molecule has 1 heteroatoms. The molecule has 44 heavy (non-hydrogen) atoms. The van der Waals surface area contributed by atoms with E-state index < -0.39 is 0 Å². The third kappa shape index (κ3) is 18.2. The lowest BCUT2D eigenvalue weighted by atomic mass is 9.91. The van der Waals surface area contributed by atoms with Crippen LogP contribution in [0.5, 0.6) is 0 Å². The van der Waals surface area contributed by atoms with Gasteiger partial charge in [0.25, 0.3) is 0 Å². The van der Waals surface area contributed by atoms with E-state index in [1.165, 1.54) is 178 Å². The molecule has 2 rings (SSSR count). The fraction of sp³-hybridized carbons (Fsp3) is 0.698. The molecule has 0 saturated carbocycles. The second-order valence-corrected chi connectivity index (χ2v) is 13.6. The first kappa shape index (κ1) is 38.3. The summed E-state index contributed by atoms with van der Waals surface area (Å²) in [7, 11) is 0. The minimum atomic E-state index is 0.223. The summed E-state index contributed by atoms with van der Waals surface area (Å²) in [4.78, 5) is 13.8. The maximum Gasteiger partial charge on any atom is 0.193 e. The van der Waals surface area contributed by atoms with Gasteiger partial charge in [0.05, 0.1) is 0 Å². The van der Waals surface area contributed by atoms with Crippen molar-refractivity contribution in [3.05, 3.63) is 70.8 Å². The molecule has 0 amide bonds. The van der Waals surface area contributed by atoms with Gasteiger partial charge in [0.1, 0.15) is 0 Å². The van der Waals surface area contributed by atoms with Gasteiger partial charge in [0, 0.05) is 11.1 Å². The minimum absolute atomic E-state index is 0.223. The summed E-state index contributed by atoms with van der Waals surface area (Å²) in [5.74, 6) is 0.223. The van der Waals surface area contributed by atoms with Gasteiger partial charge < -0.3 is 0 Å². The number of aryl methyl sites for hydroxylation is 2. The largest absolute Gasteiger partial charge is 0.289 e. The highest BCUT2D eigenvalue weighted by Gasteiger charge is 2.16. The predicted molar refractivity (Wildman–Crippen MR) is 195 cm³/mol. The number of carbonyl (C=O) groups excluding carboxylic acids is 1. The van der Waals surface area contributed by atoms with Gasteiger partial charge in [-0.15, -0.1) is 0 Å². The standard InChI is InChI=1S/C43H70O/c1-3-5-7-9-11-13-15-17-19-21-23-25-27-33-39-35-29-31-37-41(39)43(44)42-38-32-30-36-40(42)34-28-26-24-22-20-18-16-14-12-10-8-6-4-2/h29-32,35-38H,3-28,33-34H2,1-2H3. The number of hydrogen-bond acceptors (Lipinski definition) is 1. The van der Waals surface area contributed by atoms with Crippen LogP contribution in [0, 0.1) is 0 Å². The van der Waals surface area contributed by atoms with Crippen LogP contribution in [-0.4, -0.2) is 5.78 Å². The molecule has 2 aromatic carbocycles. The van der Waals surface area contributed by atoms with Gasteiger partial charge in [-0.2, -0.15) is 0 Å². The molecule has 2 aromatic rings. The van der Waals surface area contributed by atoms with Crippen molar-refractivity contribution in [1.82, 2.24) is 0 Å². The van der Waals surface area contributed by atoms with Crippen molar-refractivity contribution in [3.63, 3.8) is 0 Å². The first-order valence-corrected chi connectivity index (χ1v) is 19.5. The Kier molecular flexibility index (Phi) is 23.9. The van der Waals surface area contributed by atoms with Gasteiger partial charge in [-0.25, -0.2) is 0 Å². The smallest absolute Gasteiger partial charge is 0.193 e. The molecule has 0 fully saturated rings. The van der Waals surface area contributed by atoms with E-state index in [0.717, 1.165) is 24.0 Å². The fourth-order valence-electron chi connectivity index (χ4n) is 6.73. The van der Waals surface area contributed by atoms with E-state index in [0.29, 0.717) is 0 Å². The van der Waals surface area contributed by atoms with Crippen LogP contribution in [0.1, 0.15) is 208 Å². The molecule has 0 aliphatic rings. The summed E-state index contributed by atoms with van der Waals surface area (Å²) >= 11 is 0. The molecule has 0 atom stereocenters. The molecule has 0 bridgehead atoms. The van der Waals surface area contributed by atoms with E-state index in [1.54, 1.807) is 0 Å². The number of hydrogen-bond donors (Lipinski definition) is 0. The lowest BCUT2D eigenvalue weighted by Crippen LogP contribution is -2.09. The molecule has 0 aliphatic heterocycles. The van der Waals surface area contributed by atoms with Crippen molar-refractivity contribution in [2.45, 2.75) is 194 Å². The van der Waals surface area contributed by atoms with Gasteiger partial charge in [-0.3, -0.25) is 4.79 Å². The van der Waals surface area contributed by atoms with E-state index in [4.69, 9.17) is 0 Å². The fourth-order valence-corrected chi connectivity index (χ4v) is 6.73. The summed E-state index contributed by atoms with van der Waals surface area (Å²) in [5.41, 5.74) is 4.31. The van der Waals surface area contributed by atoms with E-state index in [-0.39, 0.29) is 5.78 Å². The summed E-state index contributed by atoms with van der Waals surface area (Å²) in [6.07, 6.45) is 37.7. The minimum Gasteiger partial charge on any atom is -0.289 e. The second-order valence-electron chi connectivity index (χ2n) is 13.6. The monoisotopic (exact) mass is 603 g/mol. The first-order valence-electron chi connectivity index (χ1n) is 19.5. The molecule has 0 spiro atoms. The number of benzene rings is 2. The number of carbonyl (C=O) groups is 1. The third-order valence-corrected chi connectivity index (χ3v) is 9.62. The first-order chi connectivity index (χ1) is 21.8. The van der Waals surface area contributed by atoms with Crippen molar-refractivity contribution in [2.75, 3.05) is 0 Å². The molecule has 248 valence electrons. The Bertz CT molecular complexity index is 868. The van der Waals surface area contributed by atoms with Crippen LogP contribution in [0.2, 0.25) is 0 Å². The van der Waals surface area contributed by atoms with Crippen LogP contribution in [0.4, 0.5) is 0 Å². The molecule has 1 nitrogen and oxygen atoms in total. The Morgan fingerprint density at radius 3 is 0.909 bits per heavy atom. The van der Waals surface area contributed by atoms with Gasteiger partial charge in [0.15, 0.2) is 5.78 Å². The van der Waals surface area contributed by atoms with E-state index >= 15 is 0 Å². The van der Waals surface area contributed by atoms with Crippen LogP contribution in [0.15, 0.2) is 48.5 Å². The average molecular weight is 603 g/mol. The molecular weight excluding hydrogens is 532 g/mol. The van der Waals surface area contributed by atoms with E-state index in [1.807, 2.05) is 12.1 Å². The lowest BCUT2D eigenvalue weighted by Gasteiger charge is -2.12. The van der Waals surface area contributed by atoms with Crippen LogP contribution in [-0.2, 0) is 12.8 Å². The Labute approximate surface area is 274 Å². The average Bonchev–Trinajstić information content (AvgIpc) is 3.05. The summed E-state index contributed by atoms with van der Waals surface area (Å²) in [6, 6.07) is 16.8. The van der Waals surface area contributed by atoms with Gasteiger partial charge in [-0.05, 0) is 36.8 Å². The van der Waals surface area contributed by atoms with Crippen molar-refractivity contribution >= 4 is 5.78 Å². The molecule has 0 N–H and O–H groups in total. The van der Waals surface area contributed by atoms with Crippen LogP contribution < -0.4 is 0 Å². The summed E-state index contributed by atoms with van der Waals surface area (Å²) < 4.78 is 0. The Morgan fingerprint density at radius 1 is 0.364 bits per heavy atom. The molecule has 0 radical (unpaired) electrons. The molecule has 0 aromatic heterocycles. The van der Waals surface area contributed by atoms with Crippen molar-refractivity contribution in [1.29, 1.82) is 0 Å². The van der Waals surface area contributed by atoms with Crippen molar-refractivity contribution in [3.8, 4) is 0 Å². The predicted octanol–water partition coefficient (Wildman–Crippen LogP) is 14.2. The zero-order valence-electron chi connectivity index (χ0n) is 29.3. The maximum atomic E-state index is 13.8. The molecule has 0 aliphatic carbocycles.